The van der Waals surface area contributed by atoms with Gasteiger partial charge in [-0.15, -0.1) is 0 Å². The van der Waals surface area contributed by atoms with E-state index in [1.165, 1.54) is 6.92 Å². The highest BCUT2D eigenvalue weighted by molar-refractivity contribution is 5.95. The van der Waals surface area contributed by atoms with Gasteiger partial charge in [-0.2, -0.15) is 0 Å². The number of rotatable bonds is 6. The molecule has 2 amide bonds. The summed E-state index contributed by atoms with van der Waals surface area (Å²) in [5.41, 5.74) is 7.28. The number of amides is 2. The van der Waals surface area contributed by atoms with Gasteiger partial charge in [0.05, 0.1) is 0 Å². The number of benzene rings is 1. The lowest BCUT2D eigenvalue weighted by Gasteiger charge is -2.21. The second-order valence-electron chi connectivity index (χ2n) is 5.68. The number of hydrogen-bond donors (Lipinski definition) is 2. The second-order valence-corrected chi connectivity index (χ2v) is 5.68. The fourth-order valence-corrected chi connectivity index (χ4v) is 1.90. The van der Waals surface area contributed by atoms with Gasteiger partial charge in [-0.25, -0.2) is 0 Å². The third kappa shape index (κ3) is 5.55. The smallest absolute Gasteiger partial charge is 0.253 e. The average Bonchev–Trinajstić information content (AvgIpc) is 2.43. The molecule has 5 heteroatoms. The number of anilines is 1. The Morgan fingerprint density at radius 2 is 1.81 bits per heavy atom. The molecule has 0 aromatic heterocycles. The summed E-state index contributed by atoms with van der Waals surface area (Å²) in [5, 5.41) is 2.67. The lowest BCUT2D eigenvalue weighted by molar-refractivity contribution is -0.114. The quantitative estimate of drug-likeness (QED) is 0.842. The van der Waals surface area contributed by atoms with Crippen molar-refractivity contribution >= 4 is 17.5 Å². The van der Waals surface area contributed by atoms with Crippen LogP contribution >= 0.6 is 0 Å². The molecular weight excluding hydrogens is 266 g/mol. The molecule has 0 fully saturated rings. The first-order chi connectivity index (χ1) is 9.81. The zero-order chi connectivity index (χ0) is 16.0. The van der Waals surface area contributed by atoms with Crippen LogP contribution in [0.4, 0.5) is 5.69 Å². The number of nitrogens with one attached hydrogen (secondary N) is 1. The SMILES string of the molecule is CC(=O)Nc1ccc(C(=O)N(C)CCC(N)C(C)C)cc1. The van der Waals surface area contributed by atoms with Gasteiger partial charge in [0.15, 0.2) is 0 Å². The predicted octanol–water partition coefficient (Wildman–Crippen LogP) is 2.09. The Bertz CT molecular complexity index is 483. The zero-order valence-electron chi connectivity index (χ0n) is 13.2. The lowest BCUT2D eigenvalue weighted by atomic mass is 10.0. The largest absolute Gasteiger partial charge is 0.342 e. The summed E-state index contributed by atoms with van der Waals surface area (Å²) >= 11 is 0. The molecule has 3 N–H and O–H groups in total. The van der Waals surface area contributed by atoms with Crippen molar-refractivity contribution in [1.82, 2.24) is 4.90 Å². The molecule has 0 aliphatic rings. The number of nitrogens with two attached hydrogens (primary N) is 1. The molecule has 0 bridgehead atoms. The molecule has 21 heavy (non-hydrogen) atoms. The van der Waals surface area contributed by atoms with Crippen LogP contribution in [0.2, 0.25) is 0 Å². The number of hydrogen-bond acceptors (Lipinski definition) is 3. The first kappa shape index (κ1) is 17.2. The molecular formula is C16H25N3O2. The minimum Gasteiger partial charge on any atom is -0.342 e. The van der Waals surface area contributed by atoms with Crippen LogP contribution in [0.1, 0.15) is 37.6 Å². The molecule has 1 aromatic carbocycles. The van der Waals surface area contributed by atoms with Crippen molar-refractivity contribution in [2.45, 2.75) is 33.2 Å². The van der Waals surface area contributed by atoms with E-state index in [-0.39, 0.29) is 17.9 Å². The Labute approximate surface area is 126 Å². The standard InChI is InChI=1S/C16H25N3O2/c1-11(2)15(17)9-10-19(4)16(21)13-5-7-14(8-6-13)18-12(3)20/h5-8,11,15H,9-10,17H2,1-4H3,(H,18,20). The number of carbonyl (C=O) groups excluding carboxylic acids is 2. The van der Waals surface area contributed by atoms with Gasteiger partial charge in [-0.05, 0) is 36.6 Å². The molecule has 0 saturated carbocycles. The minimum absolute atomic E-state index is 0.0414. The van der Waals surface area contributed by atoms with Crippen molar-refractivity contribution in [3.05, 3.63) is 29.8 Å². The molecule has 116 valence electrons. The molecule has 5 nitrogen and oxygen atoms in total. The van der Waals surface area contributed by atoms with Gasteiger partial charge in [0.2, 0.25) is 5.91 Å². The van der Waals surface area contributed by atoms with Crippen LogP contribution in [0.15, 0.2) is 24.3 Å². The molecule has 0 radical (unpaired) electrons. The van der Waals surface area contributed by atoms with E-state index in [2.05, 4.69) is 19.2 Å². The Balaban J connectivity index is 2.59. The van der Waals surface area contributed by atoms with Crippen LogP contribution < -0.4 is 11.1 Å². The van der Waals surface area contributed by atoms with Crippen LogP contribution in [0.5, 0.6) is 0 Å². The zero-order valence-corrected chi connectivity index (χ0v) is 13.2. The van der Waals surface area contributed by atoms with Gasteiger partial charge in [-0.1, -0.05) is 13.8 Å². The maximum atomic E-state index is 12.3. The molecule has 1 atom stereocenters. The van der Waals surface area contributed by atoms with Crippen LogP contribution in [-0.4, -0.2) is 36.3 Å². The third-order valence-corrected chi connectivity index (χ3v) is 3.45. The first-order valence-electron chi connectivity index (χ1n) is 7.20. The van der Waals surface area contributed by atoms with Crippen LogP contribution in [0.3, 0.4) is 0 Å². The van der Waals surface area contributed by atoms with E-state index in [4.69, 9.17) is 5.73 Å². The summed E-state index contributed by atoms with van der Waals surface area (Å²) in [5.74, 6) is 0.236. The van der Waals surface area contributed by atoms with Crippen LogP contribution in [-0.2, 0) is 4.79 Å². The van der Waals surface area contributed by atoms with Gasteiger partial charge in [-0.3, -0.25) is 9.59 Å². The summed E-state index contributed by atoms with van der Waals surface area (Å²) in [6.45, 7) is 6.23. The van der Waals surface area contributed by atoms with Gasteiger partial charge in [0.25, 0.3) is 5.91 Å². The monoisotopic (exact) mass is 291 g/mol. The highest BCUT2D eigenvalue weighted by Gasteiger charge is 2.14. The molecule has 0 heterocycles. The van der Waals surface area contributed by atoms with Gasteiger partial charge in [0, 0.05) is 37.8 Å². The van der Waals surface area contributed by atoms with E-state index >= 15 is 0 Å². The Kier molecular flexibility index (Phi) is 6.37. The molecule has 1 unspecified atom stereocenters. The molecule has 0 aliphatic carbocycles. The van der Waals surface area contributed by atoms with E-state index in [1.807, 2.05) is 0 Å². The van der Waals surface area contributed by atoms with E-state index in [0.717, 1.165) is 6.42 Å². The van der Waals surface area contributed by atoms with Gasteiger partial charge in [0.1, 0.15) is 0 Å². The Hall–Kier alpha value is -1.88. The molecule has 0 spiro atoms. The minimum atomic E-state index is -0.131. The van der Waals surface area contributed by atoms with Crippen LogP contribution in [0, 0.1) is 5.92 Å². The summed E-state index contributed by atoms with van der Waals surface area (Å²) < 4.78 is 0. The van der Waals surface area contributed by atoms with Crippen molar-refractivity contribution in [3.8, 4) is 0 Å². The maximum Gasteiger partial charge on any atom is 0.253 e. The second kappa shape index (κ2) is 7.78. The Morgan fingerprint density at radius 3 is 2.29 bits per heavy atom. The molecule has 0 aliphatic heterocycles. The van der Waals surface area contributed by atoms with Crippen molar-refractivity contribution < 1.29 is 9.59 Å². The van der Waals surface area contributed by atoms with E-state index in [0.29, 0.717) is 23.7 Å². The van der Waals surface area contributed by atoms with Crippen LogP contribution in [0.25, 0.3) is 0 Å². The number of carbonyl (C=O) groups is 2. The average molecular weight is 291 g/mol. The normalized spacial score (nSPS) is 12.1. The third-order valence-electron chi connectivity index (χ3n) is 3.45. The lowest BCUT2D eigenvalue weighted by Crippen LogP contribution is -2.34. The number of nitrogens with zero attached hydrogens (tertiary/aromatic N) is 1. The highest BCUT2D eigenvalue weighted by Crippen LogP contribution is 2.12. The highest BCUT2D eigenvalue weighted by atomic mass is 16.2. The Morgan fingerprint density at radius 1 is 1.24 bits per heavy atom. The molecule has 0 saturated heterocycles. The van der Waals surface area contributed by atoms with Crippen molar-refractivity contribution in [2.75, 3.05) is 18.9 Å². The molecule has 1 rings (SSSR count). The van der Waals surface area contributed by atoms with Crippen molar-refractivity contribution in [1.29, 1.82) is 0 Å². The summed E-state index contributed by atoms with van der Waals surface area (Å²) in [4.78, 5) is 24.9. The van der Waals surface area contributed by atoms with Gasteiger partial charge < -0.3 is 16.0 Å². The fourth-order valence-electron chi connectivity index (χ4n) is 1.90. The first-order valence-corrected chi connectivity index (χ1v) is 7.20. The fraction of sp³-hybridized carbons (Fsp3) is 0.500. The van der Waals surface area contributed by atoms with E-state index < -0.39 is 0 Å². The van der Waals surface area contributed by atoms with E-state index in [9.17, 15) is 9.59 Å². The molecule has 1 aromatic rings. The summed E-state index contributed by atoms with van der Waals surface area (Å²) in [7, 11) is 1.77. The predicted molar refractivity (Wildman–Crippen MR) is 85.1 cm³/mol. The van der Waals surface area contributed by atoms with Crippen molar-refractivity contribution in [2.24, 2.45) is 11.7 Å². The summed E-state index contributed by atoms with van der Waals surface area (Å²) in [6.07, 6.45) is 0.782. The topological polar surface area (TPSA) is 75.4 Å². The maximum absolute atomic E-state index is 12.3. The van der Waals surface area contributed by atoms with E-state index in [1.54, 1.807) is 36.2 Å². The summed E-state index contributed by atoms with van der Waals surface area (Å²) in [6, 6.07) is 6.98. The van der Waals surface area contributed by atoms with Crippen molar-refractivity contribution in [3.63, 3.8) is 0 Å². The van der Waals surface area contributed by atoms with Gasteiger partial charge >= 0.3 is 0 Å².